The first-order chi connectivity index (χ1) is 11.5. The number of carbonyl (C=O) groups excluding carboxylic acids is 1. The second-order valence-electron chi connectivity index (χ2n) is 7.24. The number of halogens is 1. The minimum atomic E-state index is -0.817. The van der Waals surface area contributed by atoms with E-state index >= 15 is 0 Å². The molecule has 1 aromatic carbocycles. The van der Waals surface area contributed by atoms with Gasteiger partial charge in [-0.05, 0) is 50.3 Å². The van der Waals surface area contributed by atoms with Crippen LogP contribution in [0.2, 0.25) is 5.02 Å². The van der Waals surface area contributed by atoms with Gasteiger partial charge in [-0.3, -0.25) is 9.69 Å². The minimum absolute atomic E-state index is 0.124. The van der Waals surface area contributed by atoms with Crippen molar-refractivity contribution in [2.24, 2.45) is 0 Å². The molecular formula is C19H27ClN2O2. The summed E-state index contributed by atoms with van der Waals surface area (Å²) in [5, 5.41) is 14.8. The van der Waals surface area contributed by atoms with Gasteiger partial charge in [0, 0.05) is 24.2 Å². The molecule has 0 bridgehead atoms. The Hall–Kier alpha value is -1.10. The van der Waals surface area contributed by atoms with Crippen LogP contribution in [0.25, 0.3) is 0 Å². The van der Waals surface area contributed by atoms with Crippen molar-refractivity contribution in [3.63, 3.8) is 0 Å². The SMILES string of the molecule is CC(C(=O)NC1CCCC1)N1CCC(O)(c2ccc(Cl)cc2)CC1. The molecule has 1 aromatic rings. The predicted molar refractivity (Wildman–Crippen MR) is 96.0 cm³/mol. The van der Waals surface area contributed by atoms with E-state index < -0.39 is 5.60 Å². The Morgan fingerprint density at radius 1 is 1.25 bits per heavy atom. The fourth-order valence-electron chi connectivity index (χ4n) is 3.89. The first-order valence-corrected chi connectivity index (χ1v) is 9.39. The van der Waals surface area contributed by atoms with Crippen molar-refractivity contribution in [2.75, 3.05) is 13.1 Å². The first-order valence-electron chi connectivity index (χ1n) is 9.01. The van der Waals surface area contributed by atoms with Crippen molar-refractivity contribution in [3.8, 4) is 0 Å². The molecule has 4 nitrogen and oxygen atoms in total. The number of carbonyl (C=O) groups is 1. The van der Waals surface area contributed by atoms with Gasteiger partial charge in [0.15, 0.2) is 0 Å². The van der Waals surface area contributed by atoms with Crippen LogP contribution in [0.3, 0.4) is 0 Å². The lowest BCUT2D eigenvalue weighted by Crippen LogP contribution is -2.52. The monoisotopic (exact) mass is 350 g/mol. The van der Waals surface area contributed by atoms with Crippen LogP contribution in [-0.4, -0.2) is 41.1 Å². The summed E-state index contributed by atoms with van der Waals surface area (Å²) in [7, 11) is 0. The molecule has 1 aliphatic heterocycles. The van der Waals surface area contributed by atoms with Crippen molar-refractivity contribution in [1.29, 1.82) is 0 Å². The fraction of sp³-hybridized carbons (Fsp3) is 0.632. The third-order valence-corrected chi connectivity index (χ3v) is 5.89. The zero-order valence-electron chi connectivity index (χ0n) is 14.3. The molecule has 1 amide bonds. The quantitative estimate of drug-likeness (QED) is 0.877. The molecule has 0 spiro atoms. The van der Waals surface area contributed by atoms with Crippen LogP contribution in [0.4, 0.5) is 0 Å². The van der Waals surface area contributed by atoms with Gasteiger partial charge in [-0.2, -0.15) is 0 Å². The molecule has 1 heterocycles. The Labute approximate surface area is 149 Å². The molecule has 3 rings (SSSR count). The number of aliphatic hydroxyl groups is 1. The van der Waals surface area contributed by atoms with E-state index in [9.17, 15) is 9.90 Å². The highest BCUT2D eigenvalue weighted by atomic mass is 35.5. The molecule has 2 fully saturated rings. The summed E-state index contributed by atoms with van der Waals surface area (Å²) >= 11 is 5.93. The number of amides is 1. The average Bonchev–Trinajstić information content (AvgIpc) is 3.08. The number of hydrogen-bond donors (Lipinski definition) is 2. The van der Waals surface area contributed by atoms with Crippen molar-refractivity contribution >= 4 is 17.5 Å². The summed E-state index contributed by atoms with van der Waals surface area (Å²) < 4.78 is 0. The van der Waals surface area contributed by atoms with Crippen molar-refractivity contribution in [3.05, 3.63) is 34.9 Å². The largest absolute Gasteiger partial charge is 0.385 e. The van der Waals surface area contributed by atoms with Crippen LogP contribution in [0.1, 0.15) is 51.0 Å². The minimum Gasteiger partial charge on any atom is -0.385 e. The number of hydrogen-bond acceptors (Lipinski definition) is 3. The molecule has 1 saturated carbocycles. The number of likely N-dealkylation sites (tertiary alicyclic amines) is 1. The maximum atomic E-state index is 12.4. The van der Waals surface area contributed by atoms with Gasteiger partial charge in [0.2, 0.25) is 5.91 Å². The average molecular weight is 351 g/mol. The van der Waals surface area contributed by atoms with E-state index in [4.69, 9.17) is 11.6 Å². The summed E-state index contributed by atoms with van der Waals surface area (Å²) in [6, 6.07) is 7.65. The third-order valence-electron chi connectivity index (χ3n) is 5.64. The Balaban J connectivity index is 1.55. The molecule has 0 aromatic heterocycles. The highest BCUT2D eigenvalue weighted by Crippen LogP contribution is 2.34. The predicted octanol–water partition coefficient (Wildman–Crippen LogP) is 3.07. The standard InChI is InChI=1S/C19H27ClN2O2/c1-14(18(23)21-17-4-2-3-5-17)22-12-10-19(24,11-13-22)15-6-8-16(20)9-7-15/h6-9,14,17,24H,2-5,10-13H2,1H3,(H,21,23). The molecule has 1 saturated heterocycles. The second kappa shape index (κ2) is 7.42. The van der Waals surface area contributed by atoms with Crippen LogP contribution in [0, 0.1) is 0 Å². The normalized spacial score (nSPS) is 23.1. The second-order valence-corrected chi connectivity index (χ2v) is 7.68. The van der Waals surface area contributed by atoms with Gasteiger partial charge in [-0.15, -0.1) is 0 Å². The Morgan fingerprint density at radius 2 is 1.83 bits per heavy atom. The molecule has 0 radical (unpaired) electrons. The molecule has 1 atom stereocenters. The smallest absolute Gasteiger partial charge is 0.237 e. The van der Waals surface area contributed by atoms with Gasteiger partial charge in [0.25, 0.3) is 0 Å². The molecule has 1 aliphatic carbocycles. The number of piperidine rings is 1. The number of nitrogens with zero attached hydrogens (tertiary/aromatic N) is 1. The van der Waals surface area contributed by atoms with Gasteiger partial charge >= 0.3 is 0 Å². The van der Waals surface area contributed by atoms with E-state index in [0.29, 0.717) is 23.9 Å². The topological polar surface area (TPSA) is 52.6 Å². The Kier molecular flexibility index (Phi) is 5.48. The molecule has 132 valence electrons. The summed E-state index contributed by atoms with van der Waals surface area (Å²) in [4.78, 5) is 14.6. The van der Waals surface area contributed by atoms with Crippen LogP contribution >= 0.6 is 11.6 Å². The van der Waals surface area contributed by atoms with Crippen LogP contribution in [0.15, 0.2) is 24.3 Å². The summed E-state index contributed by atoms with van der Waals surface area (Å²) in [5.74, 6) is 0.124. The maximum Gasteiger partial charge on any atom is 0.237 e. The number of benzene rings is 1. The van der Waals surface area contributed by atoms with Crippen LogP contribution in [-0.2, 0) is 10.4 Å². The van der Waals surface area contributed by atoms with E-state index in [0.717, 1.165) is 31.5 Å². The van der Waals surface area contributed by atoms with Crippen LogP contribution < -0.4 is 5.32 Å². The summed E-state index contributed by atoms with van der Waals surface area (Å²) in [5.41, 5.74) is 0.0949. The molecule has 24 heavy (non-hydrogen) atoms. The highest BCUT2D eigenvalue weighted by Gasteiger charge is 2.36. The summed E-state index contributed by atoms with van der Waals surface area (Å²) in [6.07, 6.45) is 5.92. The van der Waals surface area contributed by atoms with Gasteiger partial charge in [0.1, 0.15) is 0 Å². The van der Waals surface area contributed by atoms with Gasteiger partial charge in [-0.25, -0.2) is 0 Å². The summed E-state index contributed by atoms with van der Waals surface area (Å²) in [6.45, 7) is 3.41. The zero-order valence-corrected chi connectivity index (χ0v) is 15.1. The Bertz CT molecular complexity index is 561. The van der Waals surface area contributed by atoms with E-state index in [-0.39, 0.29) is 11.9 Å². The van der Waals surface area contributed by atoms with E-state index in [1.165, 1.54) is 12.8 Å². The van der Waals surface area contributed by atoms with E-state index in [1.54, 1.807) is 0 Å². The molecule has 2 aliphatic rings. The Morgan fingerprint density at radius 3 is 2.42 bits per heavy atom. The highest BCUT2D eigenvalue weighted by molar-refractivity contribution is 6.30. The van der Waals surface area contributed by atoms with Gasteiger partial charge in [-0.1, -0.05) is 36.6 Å². The zero-order chi connectivity index (χ0) is 17.2. The molecular weight excluding hydrogens is 324 g/mol. The van der Waals surface area contributed by atoms with Crippen molar-refractivity contribution < 1.29 is 9.90 Å². The lowest BCUT2D eigenvalue weighted by molar-refractivity contribution is -0.128. The van der Waals surface area contributed by atoms with Gasteiger partial charge in [0.05, 0.1) is 11.6 Å². The van der Waals surface area contributed by atoms with E-state index in [1.807, 2.05) is 31.2 Å². The van der Waals surface area contributed by atoms with E-state index in [2.05, 4.69) is 10.2 Å². The molecule has 5 heteroatoms. The van der Waals surface area contributed by atoms with Gasteiger partial charge < -0.3 is 10.4 Å². The maximum absolute atomic E-state index is 12.4. The van der Waals surface area contributed by atoms with Crippen LogP contribution in [0.5, 0.6) is 0 Å². The lowest BCUT2D eigenvalue weighted by atomic mass is 9.84. The van der Waals surface area contributed by atoms with Crippen molar-refractivity contribution in [2.45, 2.75) is 63.1 Å². The number of rotatable bonds is 4. The number of nitrogens with one attached hydrogen (secondary N) is 1. The third kappa shape index (κ3) is 3.93. The fourth-order valence-corrected chi connectivity index (χ4v) is 4.01. The lowest BCUT2D eigenvalue weighted by Gasteiger charge is -2.40. The van der Waals surface area contributed by atoms with Crippen molar-refractivity contribution in [1.82, 2.24) is 10.2 Å². The molecule has 1 unspecified atom stereocenters. The molecule has 2 N–H and O–H groups in total. The first kappa shape index (κ1) is 17.7.